The van der Waals surface area contributed by atoms with Crippen LogP contribution in [0.1, 0.15) is 53.4 Å². The average molecular weight is 435 g/mol. The Morgan fingerprint density at radius 2 is 1.97 bits per heavy atom. The second kappa shape index (κ2) is 6.13. The van der Waals surface area contributed by atoms with E-state index in [2.05, 4.69) is 0 Å². The average Bonchev–Trinajstić information content (AvgIpc) is 3.09. The van der Waals surface area contributed by atoms with Crippen LogP contribution >= 0.6 is 0 Å². The van der Waals surface area contributed by atoms with E-state index in [0.717, 1.165) is 5.57 Å². The second-order valence-corrected chi connectivity index (χ2v) is 10.9. The Kier molecular flexibility index (Phi) is 4.24. The molecule has 3 fully saturated rings. The van der Waals surface area contributed by atoms with Crippen LogP contribution in [0.4, 0.5) is 4.39 Å². The molecule has 6 nitrogen and oxygen atoms in total. The molecular weight excluding hydrogens is 403 g/mol. The number of carbonyl (C=O) groups is 2. The lowest BCUT2D eigenvalue weighted by Gasteiger charge is -2.62. The van der Waals surface area contributed by atoms with Gasteiger partial charge in [0.2, 0.25) is 0 Å². The van der Waals surface area contributed by atoms with Crippen molar-refractivity contribution in [3.8, 4) is 0 Å². The Balaban J connectivity index is 1.65. The van der Waals surface area contributed by atoms with E-state index in [9.17, 15) is 19.8 Å². The number of aliphatic hydroxyl groups is 2. The second-order valence-electron chi connectivity index (χ2n) is 10.9. The highest BCUT2D eigenvalue weighted by Gasteiger charge is 2.79. The van der Waals surface area contributed by atoms with E-state index in [1.54, 1.807) is 26.8 Å². The molecule has 170 valence electrons. The molecule has 5 rings (SSSR count). The fourth-order valence-corrected chi connectivity index (χ4v) is 7.83. The maximum atomic E-state index is 17.1. The van der Waals surface area contributed by atoms with Crippen molar-refractivity contribution < 1.29 is 33.7 Å². The Bertz CT molecular complexity index is 925. The van der Waals surface area contributed by atoms with E-state index in [1.165, 1.54) is 6.08 Å². The lowest BCUT2D eigenvalue weighted by atomic mass is 9.45. The topological polar surface area (TPSA) is 93.1 Å². The minimum atomic E-state index is -1.98. The van der Waals surface area contributed by atoms with E-state index >= 15 is 4.39 Å². The zero-order valence-corrected chi connectivity index (χ0v) is 18.5. The number of Topliss-reactive ketones (excluding diaryl/α,β-unsaturated/α-hetero) is 1. The molecule has 0 bridgehead atoms. The predicted octanol–water partition coefficient (Wildman–Crippen LogP) is 2.42. The number of hydrogen-bond donors (Lipinski definition) is 2. The standard InChI is InChI=1S/C24H31FO6/c1-20(2)30-19-10-16-15-6-5-13-9-14(27)7-8-21(13,3)23(15,25)17(28)11-22(16,4)24(19,31-20)18(29)12-26/h5,7-8,15-17,19,26,28H,6,9-12H2,1-4H3/t15?,16?,17-,19?,21-,22-,23-,24?/m0/s1. The number of hydrogen-bond acceptors (Lipinski definition) is 6. The molecule has 4 aliphatic carbocycles. The normalized spacial score (nSPS) is 52.1. The summed E-state index contributed by atoms with van der Waals surface area (Å²) in [6, 6.07) is 0. The lowest BCUT2D eigenvalue weighted by molar-refractivity contribution is -0.243. The van der Waals surface area contributed by atoms with Gasteiger partial charge < -0.3 is 19.7 Å². The number of allylic oxidation sites excluding steroid dienone is 4. The van der Waals surface area contributed by atoms with E-state index < -0.39 is 58.4 Å². The monoisotopic (exact) mass is 434 g/mol. The molecule has 2 N–H and O–H groups in total. The molecule has 1 heterocycles. The molecule has 7 heteroatoms. The largest absolute Gasteiger partial charge is 0.390 e. The van der Waals surface area contributed by atoms with Crippen LogP contribution in [0.25, 0.3) is 0 Å². The Hall–Kier alpha value is -1.41. The third kappa shape index (κ3) is 2.31. The van der Waals surface area contributed by atoms with Gasteiger partial charge in [-0.05, 0) is 52.0 Å². The summed E-state index contributed by atoms with van der Waals surface area (Å²) in [5.74, 6) is -2.42. The van der Waals surface area contributed by atoms with Crippen LogP contribution in [0.3, 0.4) is 0 Å². The van der Waals surface area contributed by atoms with Crippen molar-refractivity contribution in [3.63, 3.8) is 0 Å². The first-order chi connectivity index (χ1) is 14.4. The molecule has 1 aliphatic heterocycles. The van der Waals surface area contributed by atoms with Crippen LogP contribution in [-0.4, -0.2) is 57.7 Å². The summed E-state index contributed by atoms with van der Waals surface area (Å²) >= 11 is 0. The summed E-state index contributed by atoms with van der Waals surface area (Å²) in [4.78, 5) is 25.1. The number of fused-ring (bicyclic) bond motifs is 7. The van der Waals surface area contributed by atoms with Crippen molar-refractivity contribution in [2.75, 3.05) is 6.61 Å². The van der Waals surface area contributed by atoms with Crippen molar-refractivity contribution in [1.29, 1.82) is 0 Å². The number of halogens is 1. The molecule has 0 amide bonds. The highest BCUT2D eigenvalue weighted by Crippen LogP contribution is 2.71. The summed E-state index contributed by atoms with van der Waals surface area (Å²) in [6.45, 7) is 6.40. The summed E-state index contributed by atoms with van der Waals surface area (Å²) in [5, 5.41) is 21.2. The first-order valence-corrected chi connectivity index (χ1v) is 11.2. The minimum Gasteiger partial charge on any atom is -0.390 e. The van der Waals surface area contributed by atoms with Crippen LogP contribution in [0.2, 0.25) is 0 Å². The number of rotatable bonds is 2. The molecule has 5 aliphatic rings. The third-order valence-corrected chi connectivity index (χ3v) is 9.16. The molecule has 31 heavy (non-hydrogen) atoms. The molecule has 0 aromatic carbocycles. The Morgan fingerprint density at radius 3 is 2.65 bits per heavy atom. The molecule has 1 saturated heterocycles. The summed E-state index contributed by atoms with van der Waals surface area (Å²) < 4.78 is 29.5. The molecule has 0 spiro atoms. The van der Waals surface area contributed by atoms with E-state index in [0.29, 0.717) is 12.8 Å². The zero-order valence-electron chi connectivity index (χ0n) is 18.5. The maximum Gasteiger partial charge on any atom is 0.193 e. The van der Waals surface area contributed by atoms with Gasteiger partial charge in [0.25, 0.3) is 0 Å². The smallest absolute Gasteiger partial charge is 0.193 e. The van der Waals surface area contributed by atoms with Crippen molar-refractivity contribution in [2.45, 2.75) is 82.6 Å². The number of ketones is 2. The lowest BCUT2D eigenvalue weighted by Crippen LogP contribution is -2.69. The van der Waals surface area contributed by atoms with Gasteiger partial charge in [-0.1, -0.05) is 24.6 Å². The number of carbonyl (C=O) groups excluding carboxylic acids is 2. The van der Waals surface area contributed by atoms with Gasteiger partial charge >= 0.3 is 0 Å². The quantitative estimate of drug-likeness (QED) is 0.649. The van der Waals surface area contributed by atoms with Crippen LogP contribution < -0.4 is 0 Å². The fraction of sp³-hybridized carbons (Fsp3) is 0.750. The van der Waals surface area contributed by atoms with Crippen LogP contribution in [0.5, 0.6) is 0 Å². The van der Waals surface area contributed by atoms with Gasteiger partial charge in [0, 0.05) is 23.2 Å². The van der Waals surface area contributed by atoms with Gasteiger partial charge in [0.1, 0.15) is 6.61 Å². The first-order valence-electron chi connectivity index (χ1n) is 11.2. The maximum absolute atomic E-state index is 17.1. The van der Waals surface area contributed by atoms with Gasteiger partial charge in [-0.15, -0.1) is 0 Å². The van der Waals surface area contributed by atoms with Crippen LogP contribution in [-0.2, 0) is 19.1 Å². The minimum absolute atomic E-state index is 0.0109. The number of ether oxygens (including phenoxy) is 2. The van der Waals surface area contributed by atoms with Crippen molar-refractivity contribution >= 4 is 11.6 Å². The van der Waals surface area contributed by atoms with Gasteiger partial charge in [0.15, 0.2) is 28.6 Å². The van der Waals surface area contributed by atoms with Crippen molar-refractivity contribution in [1.82, 2.24) is 0 Å². The van der Waals surface area contributed by atoms with Gasteiger partial charge in [-0.2, -0.15) is 0 Å². The van der Waals surface area contributed by atoms with Gasteiger partial charge in [0.05, 0.1) is 12.2 Å². The first kappa shape index (κ1) is 21.4. The Labute approximate surface area is 181 Å². The van der Waals surface area contributed by atoms with Crippen molar-refractivity contribution in [2.24, 2.45) is 22.7 Å². The number of aliphatic hydroxyl groups excluding tert-OH is 2. The zero-order chi connectivity index (χ0) is 22.6. The molecular formula is C24H31FO6. The molecule has 4 unspecified atom stereocenters. The molecule has 0 aromatic heterocycles. The van der Waals surface area contributed by atoms with Gasteiger partial charge in [-0.3, -0.25) is 9.59 Å². The van der Waals surface area contributed by atoms with E-state index in [1.807, 2.05) is 13.0 Å². The Morgan fingerprint density at radius 1 is 1.26 bits per heavy atom. The molecule has 2 saturated carbocycles. The van der Waals surface area contributed by atoms with Crippen LogP contribution in [0.15, 0.2) is 23.8 Å². The summed E-state index contributed by atoms with van der Waals surface area (Å²) in [6.07, 6.45) is 3.97. The molecule has 0 aromatic rings. The highest BCUT2D eigenvalue weighted by atomic mass is 19.1. The van der Waals surface area contributed by atoms with E-state index in [4.69, 9.17) is 9.47 Å². The summed E-state index contributed by atoms with van der Waals surface area (Å²) in [5.41, 5.74) is -4.68. The molecule has 0 radical (unpaired) electrons. The number of alkyl halides is 1. The predicted molar refractivity (Wildman–Crippen MR) is 109 cm³/mol. The third-order valence-electron chi connectivity index (χ3n) is 9.16. The van der Waals surface area contributed by atoms with Crippen LogP contribution in [0, 0.1) is 22.7 Å². The molecule has 8 atom stereocenters. The SMILES string of the molecule is CC1(C)OC2CC3C4CC=C5CC(=O)C=C[C@]5(C)[C@@]4(F)[C@@H](O)C[C@]3(C)C2(C(=O)CO)O1. The highest BCUT2D eigenvalue weighted by molar-refractivity contribution is 5.94. The fourth-order valence-electron chi connectivity index (χ4n) is 7.83. The van der Waals surface area contributed by atoms with Crippen molar-refractivity contribution in [3.05, 3.63) is 23.8 Å². The summed E-state index contributed by atoms with van der Waals surface area (Å²) in [7, 11) is 0. The van der Waals surface area contributed by atoms with Gasteiger partial charge in [-0.25, -0.2) is 4.39 Å². The van der Waals surface area contributed by atoms with E-state index in [-0.39, 0.29) is 24.5 Å².